The van der Waals surface area contributed by atoms with Crippen molar-refractivity contribution in [2.45, 2.75) is 39.5 Å². The minimum atomic E-state index is -0.896. The number of carboxylic acids is 1. The van der Waals surface area contributed by atoms with Gasteiger partial charge in [-0.3, -0.25) is 4.79 Å². The van der Waals surface area contributed by atoms with Gasteiger partial charge in [0.25, 0.3) is 0 Å². The number of fused-ring (bicyclic) bond motifs is 3. The molecular weight excluding hydrogens is 369 g/mol. The summed E-state index contributed by atoms with van der Waals surface area (Å²) in [4.78, 5) is 16.8. The largest absolute Gasteiger partial charge is 0.481 e. The lowest BCUT2D eigenvalue weighted by Gasteiger charge is -2.20. The maximum absolute atomic E-state index is 14.4. The Morgan fingerprint density at radius 2 is 1.90 bits per heavy atom. The molecule has 0 saturated heterocycles. The van der Waals surface area contributed by atoms with Crippen LogP contribution in [0, 0.1) is 19.7 Å². The van der Waals surface area contributed by atoms with E-state index in [9.17, 15) is 14.3 Å². The van der Waals surface area contributed by atoms with Crippen LogP contribution in [0.3, 0.4) is 0 Å². The van der Waals surface area contributed by atoms with Crippen molar-refractivity contribution in [1.82, 2.24) is 14.6 Å². The number of aryl methyl sites for hydroxylation is 2. The zero-order chi connectivity index (χ0) is 20.7. The number of carbonyl (C=O) groups is 1. The SMILES string of the molecule is CCCC(C(=O)O)c1c(C)nc2c3cccc(F)c3nn2c1-c1ccc(C)cc1. The van der Waals surface area contributed by atoms with E-state index in [-0.39, 0.29) is 5.52 Å². The van der Waals surface area contributed by atoms with E-state index in [0.29, 0.717) is 34.4 Å². The Hall–Kier alpha value is -3.28. The topological polar surface area (TPSA) is 67.5 Å². The van der Waals surface area contributed by atoms with Crippen molar-refractivity contribution >= 4 is 22.5 Å². The number of rotatable bonds is 5. The number of benzene rings is 2. The Morgan fingerprint density at radius 3 is 2.55 bits per heavy atom. The van der Waals surface area contributed by atoms with E-state index in [1.54, 1.807) is 16.6 Å². The van der Waals surface area contributed by atoms with Gasteiger partial charge in [-0.1, -0.05) is 49.2 Å². The van der Waals surface area contributed by atoms with Crippen molar-refractivity contribution in [2.24, 2.45) is 0 Å². The number of aromatic nitrogens is 3. The number of hydrogen-bond donors (Lipinski definition) is 1. The standard InChI is InChI=1S/C23H22FN3O2/c1-4-6-16(23(28)29)19-14(3)25-22-17-7-5-8-18(24)20(17)26-27(22)21(19)15-11-9-13(2)10-12-15/h5,7-12,16H,4,6H2,1-3H3,(H,28,29). The summed E-state index contributed by atoms with van der Waals surface area (Å²) in [5.74, 6) is -2.04. The highest BCUT2D eigenvalue weighted by atomic mass is 19.1. The van der Waals surface area contributed by atoms with Gasteiger partial charge in [-0.05, 0) is 32.4 Å². The van der Waals surface area contributed by atoms with Crippen LogP contribution in [0.5, 0.6) is 0 Å². The third-order valence-electron chi connectivity index (χ3n) is 5.31. The van der Waals surface area contributed by atoms with Crippen molar-refractivity contribution < 1.29 is 14.3 Å². The highest BCUT2D eigenvalue weighted by Gasteiger charge is 2.28. The van der Waals surface area contributed by atoms with Crippen LogP contribution in [0.2, 0.25) is 0 Å². The second-order valence-corrected chi connectivity index (χ2v) is 7.38. The van der Waals surface area contributed by atoms with Crippen LogP contribution >= 0.6 is 0 Å². The third kappa shape index (κ3) is 3.14. The average molecular weight is 391 g/mol. The van der Waals surface area contributed by atoms with Gasteiger partial charge in [0.15, 0.2) is 11.5 Å². The van der Waals surface area contributed by atoms with Gasteiger partial charge in [0.1, 0.15) is 5.52 Å². The summed E-state index contributed by atoms with van der Waals surface area (Å²) in [7, 11) is 0. The van der Waals surface area contributed by atoms with Crippen LogP contribution in [0.15, 0.2) is 42.5 Å². The van der Waals surface area contributed by atoms with Gasteiger partial charge < -0.3 is 5.11 Å². The number of hydrogen-bond acceptors (Lipinski definition) is 3. The fourth-order valence-electron chi connectivity index (χ4n) is 3.91. The van der Waals surface area contributed by atoms with E-state index in [2.05, 4.69) is 10.1 Å². The Morgan fingerprint density at radius 1 is 1.17 bits per heavy atom. The summed E-state index contributed by atoms with van der Waals surface area (Å²) in [5.41, 5.74) is 4.59. The monoisotopic (exact) mass is 391 g/mol. The van der Waals surface area contributed by atoms with Gasteiger partial charge in [0.05, 0.1) is 11.6 Å². The fraction of sp³-hybridized carbons (Fsp3) is 0.261. The molecule has 2 aromatic heterocycles. The van der Waals surface area contributed by atoms with E-state index in [1.165, 1.54) is 6.07 Å². The summed E-state index contributed by atoms with van der Waals surface area (Å²) in [6.45, 7) is 5.77. The quantitative estimate of drug-likeness (QED) is 0.503. The third-order valence-corrected chi connectivity index (χ3v) is 5.31. The molecule has 6 heteroatoms. The van der Waals surface area contributed by atoms with Gasteiger partial charge in [0.2, 0.25) is 0 Å². The Balaban J connectivity index is 2.16. The summed E-state index contributed by atoms with van der Waals surface area (Å²) in [6, 6.07) is 12.6. The molecule has 4 rings (SSSR count). The first-order valence-electron chi connectivity index (χ1n) is 9.69. The molecule has 0 aliphatic heterocycles. The first-order chi connectivity index (χ1) is 13.9. The molecule has 4 aromatic rings. The number of aliphatic carboxylic acids is 1. The van der Waals surface area contributed by atoms with Crippen LogP contribution < -0.4 is 0 Å². The van der Waals surface area contributed by atoms with E-state index in [4.69, 9.17) is 0 Å². The summed E-state index contributed by atoms with van der Waals surface area (Å²) in [5, 5.41) is 15.0. The van der Waals surface area contributed by atoms with Gasteiger partial charge in [-0.25, -0.2) is 13.9 Å². The van der Waals surface area contributed by atoms with Crippen LogP contribution in [0.4, 0.5) is 4.39 Å². The number of nitrogens with zero attached hydrogens (tertiary/aromatic N) is 3. The van der Waals surface area contributed by atoms with Gasteiger partial charge in [-0.2, -0.15) is 5.10 Å². The van der Waals surface area contributed by atoms with Crippen molar-refractivity contribution in [3.05, 3.63) is 65.1 Å². The zero-order valence-corrected chi connectivity index (χ0v) is 16.6. The predicted octanol–water partition coefficient (Wildman–Crippen LogP) is 5.27. The van der Waals surface area contributed by atoms with Gasteiger partial charge >= 0.3 is 5.97 Å². The molecule has 0 fully saturated rings. The van der Waals surface area contributed by atoms with E-state index >= 15 is 0 Å². The Bertz CT molecular complexity index is 1230. The lowest BCUT2D eigenvalue weighted by atomic mass is 9.89. The van der Waals surface area contributed by atoms with Crippen LogP contribution in [0.25, 0.3) is 27.8 Å². The van der Waals surface area contributed by atoms with Crippen molar-refractivity contribution in [2.75, 3.05) is 0 Å². The van der Waals surface area contributed by atoms with Crippen LogP contribution in [0.1, 0.15) is 42.5 Å². The Labute approximate surface area is 167 Å². The molecule has 1 N–H and O–H groups in total. The fourth-order valence-corrected chi connectivity index (χ4v) is 3.91. The van der Waals surface area contributed by atoms with Crippen LogP contribution in [-0.4, -0.2) is 25.7 Å². The summed E-state index contributed by atoms with van der Waals surface area (Å²) >= 11 is 0. The highest BCUT2D eigenvalue weighted by Crippen LogP contribution is 2.36. The minimum Gasteiger partial charge on any atom is -0.481 e. The lowest BCUT2D eigenvalue weighted by molar-refractivity contribution is -0.139. The van der Waals surface area contributed by atoms with Crippen molar-refractivity contribution in [1.29, 1.82) is 0 Å². The minimum absolute atomic E-state index is 0.229. The molecule has 148 valence electrons. The number of halogens is 1. The molecule has 0 amide bonds. The van der Waals surface area contributed by atoms with Crippen LogP contribution in [-0.2, 0) is 4.79 Å². The van der Waals surface area contributed by atoms with E-state index in [1.807, 2.05) is 45.0 Å². The molecule has 1 atom stereocenters. The highest BCUT2D eigenvalue weighted by molar-refractivity contribution is 5.94. The molecule has 1 unspecified atom stereocenters. The van der Waals surface area contributed by atoms with E-state index < -0.39 is 17.7 Å². The molecule has 5 nitrogen and oxygen atoms in total. The molecule has 0 saturated carbocycles. The molecular formula is C23H22FN3O2. The molecule has 0 aliphatic rings. The van der Waals surface area contributed by atoms with Gasteiger partial charge in [-0.15, -0.1) is 0 Å². The lowest BCUT2D eigenvalue weighted by Crippen LogP contribution is -2.17. The summed E-state index contributed by atoms with van der Waals surface area (Å²) in [6.07, 6.45) is 1.20. The molecule has 0 aliphatic carbocycles. The second kappa shape index (κ2) is 7.28. The first kappa shape index (κ1) is 19.1. The maximum Gasteiger partial charge on any atom is 0.311 e. The van der Waals surface area contributed by atoms with Crippen molar-refractivity contribution in [3.63, 3.8) is 0 Å². The smallest absolute Gasteiger partial charge is 0.311 e. The molecule has 0 bridgehead atoms. The molecule has 0 radical (unpaired) electrons. The molecule has 29 heavy (non-hydrogen) atoms. The zero-order valence-electron chi connectivity index (χ0n) is 16.6. The average Bonchev–Trinajstić information content (AvgIpc) is 3.06. The predicted molar refractivity (Wildman–Crippen MR) is 111 cm³/mol. The molecule has 2 heterocycles. The summed E-state index contributed by atoms with van der Waals surface area (Å²) < 4.78 is 16.0. The molecule has 0 spiro atoms. The van der Waals surface area contributed by atoms with E-state index in [0.717, 1.165) is 17.5 Å². The maximum atomic E-state index is 14.4. The number of carboxylic acid groups (broad SMARTS) is 1. The first-order valence-corrected chi connectivity index (χ1v) is 9.69. The van der Waals surface area contributed by atoms with Crippen molar-refractivity contribution in [3.8, 4) is 11.3 Å². The normalized spacial score (nSPS) is 12.6. The van der Waals surface area contributed by atoms with Gasteiger partial charge in [0, 0.05) is 22.2 Å². The second-order valence-electron chi connectivity index (χ2n) is 7.38. The Kier molecular flexibility index (Phi) is 4.78. The molecule has 2 aromatic carbocycles.